The van der Waals surface area contributed by atoms with Crippen LogP contribution in [0, 0.1) is 0 Å². The predicted molar refractivity (Wildman–Crippen MR) is 135 cm³/mol. The number of aromatic carboxylic acids is 1. The number of aromatic nitrogens is 3. The molecule has 35 heavy (non-hydrogen) atoms. The lowest BCUT2D eigenvalue weighted by Gasteiger charge is -2.32. The summed E-state index contributed by atoms with van der Waals surface area (Å²) >= 11 is 18.7. The van der Waals surface area contributed by atoms with Gasteiger partial charge in [0.1, 0.15) is 5.82 Å². The second kappa shape index (κ2) is 10.4. The molecule has 9 nitrogen and oxygen atoms in total. The molecule has 4 rings (SSSR count). The smallest absolute Gasteiger partial charge is 0.354 e. The molecule has 186 valence electrons. The summed E-state index contributed by atoms with van der Waals surface area (Å²) in [6.45, 7) is 1.89. The van der Waals surface area contributed by atoms with Crippen molar-refractivity contribution in [2.45, 2.75) is 13.1 Å². The van der Waals surface area contributed by atoms with Crippen molar-refractivity contribution in [3.8, 4) is 11.4 Å². The quantitative estimate of drug-likeness (QED) is 0.471. The lowest BCUT2D eigenvalue weighted by atomic mass is 10.2. The van der Waals surface area contributed by atoms with Crippen LogP contribution in [0.1, 0.15) is 21.7 Å². The average Bonchev–Trinajstić information content (AvgIpc) is 3.14. The Hall–Kier alpha value is -2.21. The first kappa shape index (κ1) is 25.9. The third kappa shape index (κ3) is 5.96. The largest absolute Gasteiger partial charge is 0.477 e. The van der Waals surface area contributed by atoms with Gasteiger partial charge in [-0.25, -0.2) is 18.2 Å². The number of pyridine rings is 1. The number of hydrogen-bond acceptors (Lipinski definition) is 6. The number of rotatable bonds is 7. The summed E-state index contributed by atoms with van der Waals surface area (Å²) in [6, 6.07) is 6.65. The molecular weight excluding hydrogens is 537 g/mol. The second-order valence-corrected chi connectivity index (χ2v) is 11.5. The Bertz CT molecular complexity index is 1370. The van der Waals surface area contributed by atoms with Crippen LogP contribution in [0.4, 0.5) is 0 Å². The van der Waals surface area contributed by atoms with Crippen LogP contribution in [0.3, 0.4) is 0 Å². The summed E-state index contributed by atoms with van der Waals surface area (Å²) < 4.78 is 26.6. The van der Waals surface area contributed by atoms with Crippen molar-refractivity contribution in [1.29, 1.82) is 0 Å². The van der Waals surface area contributed by atoms with Crippen LogP contribution in [-0.4, -0.2) is 75.7 Å². The van der Waals surface area contributed by atoms with Gasteiger partial charge >= 0.3 is 5.97 Å². The molecule has 3 heterocycles. The van der Waals surface area contributed by atoms with Crippen LogP contribution in [0.5, 0.6) is 0 Å². The molecule has 0 amide bonds. The first-order valence-electron chi connectivity index (χ1n) is 10.6. The molecule has 2 aromatic heterocycles. The number of imidazole rings is 1. The fourth-order valence-corrected chi connectivity index (χ4v) is 5.40. The Morgan fingerprint density at radius 2 is 1.74 bits per heavy atom. The van der Waals surface area contributed by atoms with Crippen molar-refractivity contribution in [2.75, 3.05) is 32.4 Å². The lowest BCUT2D eigenvalue weighted by molar-refractivity contribution is 0.0682. The molecule has 0 bridgehead atoms. The van der Waals surface area contributed by atoms with Gasteiger partial charge in [-0.1, -0.05) is 34.8 Å². The molecule has 0 aliphatic carbocycles. The molecule has 1 fully saturated rings. The van der Waals surface area contributed by atoms with Crippen LogP contribution >= 0.6 is 34.8 Å². The minimum Gasteiger partial charge on any atom is -0.477 e. The predicted octanol–water partition coefficient (Wildman–Crippen LogP) is 3.73. The monoisotopic (exact) mass is 557 g/mol. The highest BCUT2D eigenvalue weighted by atomic mass is 35.5. The summed E-state index contributed by atoms with van der Waals surface area (Å²) in [6.07, 6.45) is 4.22. The van der Waals surface area contributed by atoms with Gasteiger partial charge in [-0.3, -0.25) is 9.88 Å². The van der Waals surface area contributed by atoms with Gasteiger partial charge in [0, 0.05) is 60.7 Å². The number of benzene rings is 1. The Kier molecular flexibility index (Phi) is 7.70. The van der Waals surface area contributed by atoms with Crippen LogP contribution in [0.2, 0.25) is 15.1 Å². The van der Waals surface area contributed by atoms with Crippen LogP contribution in [0.15, 0.2) is 36.7 Å². The molecule has 0 saturated carbocycles. The lowest BCUT2D eigenvalue weighted by Crippen LogP contribution is -2.48. The van der Waals surface area contributed by atoms with Gasteiger partial charge in [-0.2, -0.15) is 4.31 Å². The highest BCUT2D eigenvalue weighted by molar-refractivity contribution is 7.88. The van der Waals surface area contributed by atoms with E-state index >= 15 is 0 Å². The van der Waals surface area contributed by atoms with E-state index in [-0.39, 0.29) is 18.8 Å². The number of carboxylic acid groups (broad SMARTS) is 1. The van der Waals surface area contributed by atoms with Gasteiger partial charge < -0.3 is 9.67 Å². The van der Waals surface area contributed by atoms with E-state index in [1.807, 2.05) is 4.90 Å². The minimum atomic E-state index is -3.28. The fourth-order valence-electron chi connectivity index (χ4n) is 4.03. The van der Waals surface area contributed by atoms with Gasteiger partial charge in [0.2, 0.25) is 10.0 Å². The summed E-state index contributed by atoms with van der Waals surface area (Å²) in [4.78, 5) is 23.2. The van der Waals surface area contributed by atoms with Crippen molar-refractivity contribution >= 4 is 50.8 Å². The molecule has 1 saturated heterocycles. The highest BCUT2D eigenvalue weighted by Crippen LogP contribution is 2.29. The Balaban J connectivity index is 1.75. The summed E-state index contributed by atoms with van der Waals surface area (Å²) in [5.41, 5.74) is 1.52. The number of piperazine rings is 1. The van der Waals surface area contributed by atoms with Crippen LogP contribution in [-0.2, 0) is 23.1 Å². The zero-order valence-electron chi connectivity index (χ0n) is 18.7. The fraction of sp³-hybridized carbons (Fsp3) is 0.318. The first-order chi connectivity index (χ1) is 16.5. The van der Waals surface area contributed by atoms with Gasteiger partial charge in [0.25, 0.3) is 0 Å². The normalized spacial score (nSPS) is 15.4. The van der Waals surface area contributed by atoms with Crippen LogP contribution in [0.25, 0.3) is 11.4 Å². The zero-order chi connectivity index (χ0) is 25.3. The number of halogens is 3. The summed E-state index contributed by atoms with van der Waals surface area (Å²) in [5.74, 6) is -0.778. The average molecular weight is 559 g/mol. The van der Waals surface area contributed by atoms with Gasteiger partial charge in [0.05, 0.1) is 23.5 Å². The Morgan fingerprint density at radius 1 is 1.03 bits per heavy atom. The maximum atomic E-state index is 12.5. The third-order valence-electron chi connectivity index (χ3n) is 5.72. The standard InChI is InChI=1S/C22H22Cl3N5O4S/c1-35(33,34)29-6-4-28(5-7-29)13-19-20(22(31)32)30(12-15-9-16(23)2-3-18(15)25)21(27-19)14-8-17(24)11-26-10-14/h2-3,8-11H,4-7,12-13H2,1H3,(H,31,32). The molecule has 1 N–H and O–H groups in total. The maximum absolute atomic E-state index is 12.5. The molecule has 0 unspecified atom stereocenters. The number of carbonyl (C=O) groups is 1. The van der Waals surface area contributed by atoms with E-state index < -0.39 is 16.0 Å². The van der Waals surface area contributed by atoms with Crippen molar-refractivity contribution < 1.29 is 18.3 Å². The van der Waals surface area contributed by atoms with Crippen molar-refractivity contribution in [3.05, 3.63) is 68.7 Å². The van der Waals surface area contributed by atoms with E-state index in [4.69, 9.17) is 34.8 Å². The van der Waals surface area contributed by atoms with Gasteiger partial charge in [0.15, 0.2) is 5.69 Å². The zero-order valence-corrected chi connectivity index (χ0v) is 21.7. The SMILES string of the molecule is CS(=O)(=O)N1CCN(Cc2nc(-c3cncc(Cl)c3)n(Cc3cc(Cl)ccc3Cl)c2C(=O)O)CC1. The van der Waals surface area contributed by atoms with E-state index in [2.05, 4.69) is 9.97 Å². The van der Waals surface area contributed by atoms with Crippen LogP contribution < -0.4 is 0 Å². The van der Waals surface area contributed by atoms with E-state index in [9.17, 15) is 18.3 Å². The highest BCUT2D eigenvalue weighted by Gasteiger charge is 2.28. The molecule has 1 aliphatic heterocycles. The summed E-state index contributed by atoms with van der Waals surface area (Å²) in [7, 11) is -3.28. The molecule has 1 aromatic carbocycles. The van der Waals surface area contributed by atoms with Crippen molar-refractivity contribution in [1.82, 2.24) is 23.7 Å². The van der Waals surface area contributed by atoms with E-state index in [0.717, 1.165) is 0 Å². The van der Waals surface area contributed by atoms with Gasteiger partial charge in [-0.05, 0) is 29.8 Å². The van der Waals surface area contributed by atoms with Crippen molar-refractivity contribution in [2.24, 2.45) is 0 Å². The molecule has 13 heteroatoms. The molecule has 0 atom stereocenters. The molecule has 0 radical (unpaired) electrons. The second-order valence-electron chi connectivity index (χ2n) is 8.19. The van der Waals surface area contributed by atoms with E-state index in [1.54, 1.807) is 35.0 Å². The Labute approximate surface area is 217 Å². The number of carboxylic acids is 1. The topological polar surface area (TPSA) is 109 Å². The Morgan fingerprint density at radius 3 is 2.37 bits per heavy atom. The number of hydrogen-bond donors (Lipinski definition) is 1. The van der Waals surface area contributed by atoms with E-state index in [0.29, 0.717) is 63.9 Å². The molecule has 0 spiro atoms. The van der Waals surface area contributed by atoms with Gasteiger partial charge in [-0.15, -0.1) is 0 Å². The number of sulfonamides is 1. The summed E-state index contributed by atoms with van der Waals surface area (Å²) in [5, 5.41) is 11.5. The van der Waals surface area contributed by atoms with Crippen molar-refractivity contribution in [3.63, 3.8) is 0 Å². The van der Waals surface area contributed by atoms with E-state index in [1.165, 1.54) is 16.8 Å². The first-order valence-corrected chi connectivity index (χ1v) is 13.6. The maximum Gasteiger partial charge on any atom is 0.354 e. The molecule has 1 aliphatic rings. The third-order valence-corrected chi connectivity index (χ3v) is 7.83. The minimum absolute atomic E-state index is 0.00144. The number of nitrogens with zero attached hydrogens (tertiary/aromatic N) is 5. The molecule has 3 aromatic rings. The molecular formula is C22H22Cl3N5O4S.